The predicted molar refractivity (Wildman–Crippen MR) is 80.3 cm³/mol. The smallest absolute Gasteiger partial charge is 0.293 e. The number of rotatable bonds is 4. The number of benzene rings is 1. The van der Waals surface area contributed by atoms with Crippen LogP contribution in [0.1, 0.15) is 17.5 Å². The minimum absolute atomic E-state index is 0.0280. The number of aryl methyl sites for hydroxylation is 2. The summed E-state index contributed by atoms with van der Waals surface area (Å²) in [4.78, 5) is 16.2. The van der Waals surface area contributed by atoms with Gasteiger partial charge in [-0.2, -0.15) is 0 Å². The molecule has 0 aliphatic carbocycles. The average Bonchev–Trinajstić information content (AvgIpc) is 2.71. The lowest BCUT2D eigenvalue weighted by Crippen LogP contribution is -1.97. The van der Waals surface area contributed by atoms with E-state index in [0.717, 1.165) is 17.0 Å². The fourth-order valence-corrected chi connectivity index (χ4v) is 2.95. The van der Waals surface area contributed by atoms with Crippen molar-refractivity contribution >= 4 is 43.8 Å². The zero-order valence-electron chi connectivity index (χ0n) is 10.4. The molecule has 2 aromatic rings. The van der Waals surface area contributed by atoms with Crippen LogP contribution in [0.3, 0.4) is 0 Å². The molecule has 0 unspecified atom stereocenters. The molecule has 0 atom stereocenters. The van der Waals surface area contributed by atoms with Gasteiger partial charge < -0.3 is 5.32 Å². The number of nitro groups is 1. The molecule has 0 amide bonds. The summed E-state index contributed by atoms with van der Waals surface area (Å²) in [7, 11) is 0. The first-order chi connectivity index (χ1) is 9.01. The van der Waals surface area contributed by atoms with Gasteiger partial charge in [-0.3, -0.25) is 10.1 Å². The topological polar surface area (TPSA) is 68.1 Å². The van der Waals surface area contributed by atoms with Crippen LogP contribution in [-0.4, -0.2) is 9.91 Å². The SMILES string of the molecule is CCc1nc(Nc2ccc(Br)cc2[N+](=O)[O-])sc1C. The van der Waals surface area contributed by atoms with Crippen molar-refractivity contribution in [1.29, 1.82) is 0 Å². The first kappa shape index (κ1) is 14.0. The largest absolute Gasteiger partial charge is 0.326 e. The number of hydrogen-bond acceptors (Lipinski definition) is 5. The molecule has 0 fully saturated rings. The lowest BCUT2D eigenvalue weighted by molar-refractivity contribution is -0.384. The Balaban J connectivity index is 2.34. The van der Waals surface area contributed by atoms with E-state index in [-0.39, 0.29) is 5.69 Å². The average molecular weight is 342 g/mol. The van der Waals surface area contributed by atoms with Crippen molar-refractivity contribution in [3.05, 3.63) is 43.4 Å². The van der Waals surface area contributed by atoms with Crippen LogP contribution in [0, 0.1) is 17.0 Å². The molecule has 0 aliphatic heterocycles. The standard InChI is InChI=1S/C12H12BrN3O2S/c1-3-9-7(2)19-12(14-9)15-10-5-4-8(13)6-11(10)16(17)18/h4-6H,3H2,1-2H3,(H,14,15). The van der Waals surface area contributed by atoms with E-state index in [1.54, 1.807) is 12.1 Å². The molecular weight excluding hydrogens is 330 g/mol. The van der Waals surface area contributed by atoms with Crippen molar-refractivity contribution in [1.82, 2.24) is 4.98 Å². The van der Waals surface area contributed by atoms with Crippen LogP contribution >= 0.6 is 27.3 Å². The molecule has 7 heteroatoms. The van der Waals surface area contributed by atoms with Gasteiger partial charge in [-0.05, 0) is 25.5 Å². The van der Waals surface area contributed by atoms with E-state index in [9.17, 15) is 10.1 Å². The van der Waals surface area contributed by atoms with Crippen molar-refractivity contribution in [2.24, 2.45) is 0 Å². The maximum Gasteiger partial charge on any atom is 0.293 e. The molecule has 0 spiro atoms. The number of nitrogens with zero attached hydrogens (tertiary/aromatic N) is 2. The molecule has 19 heavy (non-hydrogen) atoms. The number of aromatic nitrogens is 1. The Hall–Kier alpha value is -1.47. The summed E-state index contributed by atoms with van der Waals surface area (Å²) >= 11 is 4.73. The van der Waals surface area contributed by atoms with Gasteiger partial charge in [0.25, 0.3) is 5.69 Å². The molecule has 5 nitrogen and oxygen atoms in total. The molecular formula is C12H12BrN3O2S. The van der Waals surface area contributed by atoms with E-state index in [0.29, 0.717) is 15.3 Å². The van der Waals surface area contributed by atoms with Crippen molar-refractivity contribution in [3.63, 3.8) is 0 Å². The highest BCUT2D eigenvalue weighted by Gasteiger charge is 2.16. The fraction of sp³-hybridized carbons (Fsp3) is 0.250. The Morgan fingerprint density at radius 1 is 1.53 bits per heavy atom. The molecule has 1 heterocycles. The van der Waals surface area contributed by atoms with Gasteiger partial charge in [0.05, 0.1) is 10.6 Å². The third-order valence-electron chi connectivity index (χ3n) is 2.63. The summed E-state index contributed by atoms with van der Waals surface area (Å²) in [6, 6.07) is 4.91. The van der Waals surface area contributed by atoms with Gasteiger partial charge in [-0.25, -0.2) is 4.98 Å². The van der Waals surface area contributed by atoms with E-state index in [1.807, 2.05) is 13.8 Å². The van der Waals surface area contributed by atoms with Crippen LogP contribution in [0.15, 0.2) is 22.7 Å². The van der Waals surface area contributed by atoms with E-state index in [1.165, 1.54) is 17.4 Å². The highest BCUT2D eigenvalue weighted by molar-refractivity contribution is 9.10. The first-order valence-corrected chi connectivity index (χ1v) is 7.29. The van der Waals surface area contributed by atoms with Gasteiger partial charge in [-0.1, -0.05) is 22.9 Å². The molecule has 2 rings (SSSR count). The Labute approximate surface area is 123 Å². The summed E-state index contributed by atoms with van der Waals surface area (Å²) in [5.74, 6) is 0. The van der Waals surface area contributed by atoms with E-state index >= 15 is 0 Å². The van der Waals surface area contributed by atoms with Crippen LogP contribution in [0.4, 0.5) is 16.5 Å². The second-order valence-electron chi connectivity index (χ2n) is 3.92. The van der Waals surface area contributed by atoms with E-state index in [2.05, 4.69) is 26.2 Å². The van der Waals surface area contributed by atoms with Gasteiger partial charge in [0.2, 0.25) is 0 Å². The van der Waals surface area contributed by atoms with Crippen LogP contribution in [0.5, 0.6) is 0 Å². The summed E-state index contributed by atoms with van der Waals surface area (Å²) in [6.07, 6.45) is 0.854. The normalized spacial score (nSPS) is 10.5. The Kier molecular flexibility index (Phi) is 4.16. The van der Waals surface area contributed by atoms with E-state index < -0.39 is 4.92 Å². The monoisotopic (exact) mass is 341 g/mol. The molecule has 100 valence electrons. The Morgan fingerprint density at radius 2 is 2.26 bits per heavy atom. The van der Waals surface area contributed by atoms with Crippen LogP contribution < -0.4 is 5.32 Å². The number of nitrogens with one attached hydrogen (secondary N) is 1. The Morgan fingerprint density at radius 3 is 2.84 bits per heavy atom. The van der Waals surface area contributed by atoms with Crippen molar-refractivity contribution in [3.8, 4) is 0 Å². The zero-order chi connectivity index (χ0) is 14.0. The number of nitro benzene ring substituents is 1. The quantitative estimate of drug-likeness (QED) is 0.659. The lowest BCUT2D eigenvalue weighted by atomic mass is 10.3. The molecule has 0 radical (unpaired) electrons. The lowest BCUT2D eigenvalue weighted by Gasteiger charge is -2.04. The van der Waals surface area contributed by atoms with Crippen LogP contribution in [0.2, 0.25) is 0 Å². The molecule has 1 aromatic heterocycles. The highest BCUT2D eigenvalue weighted by atomic mass is 79.9. The van der Waals surface area contributed by atoms with E-state index in [4.69, 9.17) is 0 Å². The first-order valence-electron chi connectivity index (χ1n) is 5.68. The minimum Gasteiger partial charge on any atom is -0.326 e. The Bertz CT molecular complexity index is 627. The van der Waals surface area contributed by atoms with Crippen LogP contribution in [-0.2, 0) is 6.42 Å². The number of thiazole rings is 1. The molecule has 0 bridgehead atoms. The minimum atomic E-state index is -0.408. The predicted octanol–water partition coefficient (Wildman–Crippen LogP) is 4.43. The van der Waals surface area contributed by atoms with Crippen molar-refractivity contribution in [2.45, 2.75) is 20.3 Å². The summed E-state index contributed by atoms with van der Waals surface area (Å²) in [5, 5.41) is 14.7. The fourth-order valence-electron chi connectivity index (χ4n) is 1.69. The van der Waals surface area contributed by atoms with Crippen molar-refractivity contribution < 1.29 is 4.92 Å². The highest BCUT2D eigenvalue weighted by Crippen LogP contribution is 2.32. The van der Waals surface area contributed by atoms with Crippen LogP contribution in [0.25, 0.3) is 0 Å². The zero-order valence-corrected chi connectivity index (χ0v) is 12.8. The third kappa shape index (κ3) is 3.10. The summed E-state index contributed by atoms with van der Waals surface area (Å²) < 4.78 is 0.675. The van der Waals surface area contributed by atoms with Gasteiger partial charge in [0, 0.05) is 15.4 Å². The maximum absolute atomic E-state index is 11.0. The maximum atomic E-state index is 11.0. The molecule has 0 saturated carbocycles. The van der Waals surface area contributed by atoms with Crippen molar-refractivity contribution in [2.75, 3.05) is 5.32 Å². The van der Waals surface area contributed by atoms with Gasteiger partial charge in [-0.15, -0.1) is 11.3 Å². The number of halogens is 1. The molecule has 0 aliphatic rings. The molecule has 0 saturated heterocycles. The second-order valence-corrected chi connectivity index (χ2v) is 6.04. The number of anilines is 2. The third-order valence-corrected chi connectivity index (χ3v) is 4.05. The second kappa shape index (κ2) is 5.66. The summed E-state index contributed by atoms with van der Waals surface area (Å²) in [5.41, 5.74) is 1.50. The van der Waals surface area contributed by atoms with Gasteiger partial charge in [0.1, 0.15) is 5.69 Å². The van der Waals surface area contributed by atoms with Gasteiger partial charge in [0.15, 0.2) is 5.13 Å². The molecule has 1 aromatic carbocycles. The summed E-state index contributed by atoms with van der Waals surface area (Å²) in [6.45, 7) is 4.03. The van der Waals surface area contributed by atoms with Gasteiger partial charge >= 0.3 is 0 Å². The molecule has 1 N–H and O–H groups in total. The number of hydrogen-bond donors (Lipinski definition) is 1.